The largest absolute Gasteiger partial charge is 0.356 e. The Hall–Kier alpha value is -1.35. The first kappa shape index (κ1) is 11.7. The Balaban J connectivity index is 2.42. The summed E-state index contributed by atoms with van der Waals surface area (Å²) < 4.78 is 13.8. The van der Waals surface area contributed by atoms with Gasteiger partial charge in [0.25, 0.3) is 0 Å². The van der Waals surface area contributed by atoms with Crippen LogP contribution in [0.5, 0.6) is 0 Å². The monoisotopic (exact) mass is 265 g/mol. The maximum atomic E-state index is 13.8. The van der Waals surface area contributed by atoms with Crippen molar-refractivity contribution >= 4 is 22.5 Å². The lowest BCUT2D eigenvalue weighted by atomic mass is 10.0. The highest BCUT2D eigenvalue weighted by atomic mass is 35.5. The second kappa shape index (κ2) is 4.39. The van der Waals surface area contributed by atoms with Crippen LogP contribution in [0.15, 0.2) is 16.9 Å². The second-order valence-corrected chi connectivity index (χ2v) is 5.16. The molecule has 0 bridgehead atoms. The number of pyridine rings is 1. The fourth-order valence-electron chi connectivity index (χ4n) is 2.67. The lowest BCUT2D eigenvalue weighted by Crippen LogP contribution is -2.15. The van der Waals surface area contributed by atoms with E-state index in [1.165, 1.54) is 12.1 Å². The van der Waals surface area contributed by atoms with Gasteiger partial charge in [-0.15, -0.1) is 0 Å². The number of hydrogen-bond acceptors (Lipinski definition) is 1. The minimum absolute atomic E-state index is 0.106. The van der Waals surface area contributed by atoms with Gasteiger partial charge < -0.3 is 4.98 Å². The predicted molar refractivity (Wildman–Crippen MR) is 70.8 cm³/mol. The van der Waals surface area contributed by atoms with Crippen LogP contribution >= 0.6 is 11.6 Å². The van der Waals surface area contributed by atoms with Crippen LogP contribution in [0.1, 0.15) is 30.5 Å². The van der Waals surface area contributed by atoms with Gasteiger partial charge in [-0.3, -0.25) is 4.79 Å². The van der Waals surface area contributed by atoms with Crippen LogP contribution in [0.25, 0.3) is 10.9 Å². The quantitative estimate of drug-likeness (QED) is 0.726. The highest BCUT2D eigenvalue weighted by Crippen LogP contribution is 2.25. The number of rotatable bonds is 0. The minimum atomic E-state index is -0.418. The first-order valence-corrected chi connectivity index (χ1v) is 6.58. The van der Waals surface area contributed by atoms with Gasteiger partial charge in [0.05, 0.1) is 15.9 Å². The highest BCUT2D eigenvalue weighted by molar-refractivity contribution is 6.35. The molecule has 1 aliphatic carbocycles. The van der Waals surface area contributed by atoms with Gasteiger partial charge in [-0.2, -0.15) is 0 Å². The third kappa shape index (κ3) is 1.74. The third-order valence-corrected chi connectivity index (χ3v) is 3.91. The van der Waals surface area contributed by atoms with Crippen LogP contribution in [-0.2, 0) is 12.8 Å². The van der Waals surface area contributed by atoms with E-state index in [4.69, 9.17) is 11.6 Å². The SMILES string of the molecule is O=c1c2c([nH]c3c(F)ccc(Cl)c13)CCCCC2. The van der Waals surface area contributed by atoms with E-state index in [0.29, 0.717) is 5.02 Å². The fourth-order valence-corrected chi connectivity index (χ4v) is 2.91. The number of H-pyrrole nitrogens is 1. The van der Waals surface area contributed by atoms with Crippen LogP contribution in [0, 0.1) is 5.82 Å². The smallest absolute Gasteiger partial charge is 0.194 e. The molecule has 0 aliphatic heterocycles. The van der Waals surface area contributed by atoms with E-state index in [1.807, 2.05) is 0 Å². The van der Waals surface area contributed by atoms with Crippen molar-refractivity contribution in [1.82, 2.24) is 4.98 Å². The Morgan fingerprint density at radius 1 is 1.17 bits per heavy atom. The maximum Gasteiger partial charge on any atom is 0.194 e. The lowest BCUT2D eigenvalue weighted by molar-refractivity contribution is 0.635. The van der Waals surface area contributed by atoms with Crippen molar-refractivity contribution in [2.45, 2.75) is 32.1 Å². The molecule has 94 valence electrons. The van der Waals surface area contributed by atoms with E-state index in [-0.39, 0.29) is 16.3 Å². The predicted octanol–water partition coefficient (Wildman–Crippen LogP) is 3.59. The Kier molecular flexibility index (Phi) is 2.86. The standard InChI is InChI=1S/C14H13ClFNO/c15-9-6-7-10(16)13-12(9)14(18)8-4-2-1-3-5-11(8)17-13/h6-7H,1-5H2,(H,17,18). The zero-order valence-corrected chi connectivity index (χ0v) is 10.6. The molecule has 1 N–H and O–H groups in total. The average Bonchev–Trinajstić information content (AvgIpc) is 2.59. The van der Waals surface area contributed by atoms with E-state index in [1.54, 1.807) is 0 Å². The average molecular weight is 266 g/mol. The minimum Gasteiger partial charge on any atom is -0.356 e. The number of halogens is 2. The highest BCUT2D eigenvalue weighted by Gasteiger charge is 2.17. The normalized spacial score (nSPS) is 15.4. The lowest BCUT2D eigenvalue weighted by Gasteiger charge is -2.09. The summed E-state index contributed by atoms with van der Waals surface area (Å²) >= 11 is 6.03. The molecular formula is C14H13ClFNO. The van der Waals surface area contributed by atoms with Crippen molar-refractivity contribution in [1.29, 1.82) is 0 Å². The van der Waals surface area contributed by atoms with E-state index in [0.717, 1.165) is 43.4 Å². The van der Waals surface area contributed by atoms with E-state index < -0.39 is 5.82 Å². The van der Waals surface area contributed by atoms with Gasteiger partial charge >= 0.3 is 0 Å². The molecule has 4 heteroatoms. The van der Waals surface area contributed by atoms with Crippen LogP contribution in [0.3, 0.4) is 0 Å². The van der Waals surface area contributed by atoms with Crippen LogP contribution in [0.4, 0.5) is 4.39 Å². The molecule has 0 spiro atoms. The Labute approximate surface area is 109 Å². The Bertz CT molecular complexity index is 678. The molecule has 1 aromatic carbocycles. The Morgan fingerprint density at radius 3 is 2.78 bits per heavy atom. The number of aromatic nitrogens is 1. The number of benzene rings is 1. The summed E-state index contributed by atoms with van der Waals surface area (Å²) in [5.41, 5.74) is 1.80. The zero-order valence-electron chi connectivity index (χ0n) is 9.85. The molecule has 0 fully saturated rings. The molecule has 0 atom stereocenters. The second-order valence-electron chi connectivity index (χ2n) is 4.75. The number of nitrogens with one attached hydrogen (secondary N) is 1. The molecule has 18 heavy (non-hydrogen) atoms. The van der Waals surface area contributed by atoms with Gasteiger partial charge in [0.15, 0.2) is 5.43 Å². The Morgan fingerprint density at radius 2 is 1.94 bits per heavy atom. The van der Waals surface area contributed by atoms with Gasteiger partial charge in [0.2, 0.25) is 0 Å². The summed E-state index contributed by atoms with van der Waals surface area (Å²) in [6.45, 7) is 0. The summed E-state index contributed by atoms with van der Waals surface area (Å²) in [6.07, 6.45) is 4.72. The van der Waals surface area contributed by atoms with Gasteiger partial charge in [0, 0.05) is 11.3 Å². The summed E-state index contributed by atoms with van der Waals surface area (Å²) in [6, 6.07) is 2.74. The van der Waals surface area contributed by atoms with Gasteiger partial charge in [0.1, 0.15) is 5.82 Å². The van der Waals surface area contributed by atoms with Crippen molar-refractivity contribution in [3.05, 3.63) is 44.5 Å². The van der Waals surface area contributed by atoms with Gasteiger partial charge in [-0.25, -0.2) is 4.39 Å². The molecule has 1 heterocycles. The van der Waals surface area contributed by atoms with E-state index in [2.05, 4.69) is 4.98 Å². The van der Waals surface area contributed by atoms with Crippen molar-refractivity contribution in [3.63, 3.8) is 0 Å². The molecule has 1 aromatic heterocycles. The third-order valence-electron chi connectivity index (χ3n) is 3.60. The number of hydrogen-bond donors (Lipinski definition) is 1. The molecular weight excluding hydrogens is 253 g/mol. The van der Waals surface area contributed by atoms with Gasteiger partial charge in [-0.1, -0.05) is 18.0 Å². The zero-order chi connectivity index (χ0) is 12.7. The van der Waals surface area contributed by atoms with Crippen LogP contribution < -0.4 is 5.43 Å². The molecule has 2 nitrogen and oxygen atoms in total. The molecule has 2 aromatic rings. The topological polar surface area (TPSA) is 32.9 Å². The van der Waals surface area contributed by atoms with Crippen molar-refractivity contribution in [3.8, 4) is 0 Å². The van der Waals surface area contributed by atoms with E-state index in [9.17, 15) is 9.18 Å². The number of fused-ring (bicyclic) bond motifs is 2. The maximum absolute atomic E-state index is 13.8. The number of aromatic amines is 1. The molecule has 0 amide bonds. The molecule has 0 radical (unpaired) electrons. The van der Waals surface area contributed by atoms with E-state index >= 15 is 0 Å². The summed E-state index contributed by atoms with van der Waals surface area (Å²) in [5.74, 6) is -0.418. The van der Waals surface area contributed by atoms with Crippen molar-refractivity contribution in [2.75, 3.05) is 0 Å². The summed E-state index contributed by atoms with van der Waals surface area (Å²) in [7, 11) is 0. The van der Waals surface area contributed by atoms with Crippen LogP contribution in [-0.4, -0.2) is 4.98 Å². The molecule has 0 saturated carbocycles. The number of aryl methyl sites for hydroxylation is 1. The first-order chi connectivity index (χ1) is 8.68. The summed E-state index contributed by atoms with van der Waals surface area (Å²) in [4.78, 5) is 15.5. The van der Waals surface area contributed by atoms with Crippen molar-refractivity contribution < 1.29 is 4.39 Å². The molecule has 3 rings (SSSR count). The first-order valence-electron chi connectivity index (χ1n) is 6.20. The molecule has 0 unspecified atom stereocenters. The molecule has 0 saturated heterocycles. The van der Waals surface area contributed by atoms with Crippen LogP contribution in [0.2, 0.25) is 5.02 Å². The molecule has 1 aliphatic rings. The van der Waals surface area contributed by atoms with Crippen molar-refractivity contribution in [2.24, 2.45) is 0 Å². The fraction of sp³-hybridized carbons (Fsp3) is 0.357. The summed E-state index contributed by atoms with van der Waals surface area (Å²) in [5, 5.41) is 0.608. The van der Waals surface area contributed by atoms with Gasteiger partial charge in [-0.05, 0) is 37.8 Å².